The number of carbonyl (C=O) groups excluding carboxylic acids is 3. The van der Waals surface area contributed by atoms with E-state index in [-0.39, 0.29) is 26.2 Å². The minimum atomic E-state index is -1.03. The second-order valence-corrected chi connectivity index (χ2v) is 10.1. The van der Waals surface area contributed by atoms with E-state index < -0.39 is 24.0 Å². The molecule has 0 saturated carbocycles. The number of carbonyl (C=O) groups is 3. The minimum absolute atomic E-state index is 0.0437. The van der Waals surface area contributed by atoms with Gasteiger partial charge in [0, 0.05) is 23.5 Å². The van der Waals surface area contributed by atoms with Crippen molar-refractivity contribution >= 4 is 28.9 Å². The lowest BCUT2D eigenvalue weighted by molar-refractivity contribution is -0.145. The Labute approximate surface area is 255 Å². The summed E-state index contributed by atoms with van der Waals surface area (Å²) in [6.07, 6.45) is 1.16. The van der Waals surface area contributed by atoms with Crippen LogP contribution in [-0.4, -0.2) is 35.5 Å². The van der Waals surface area contributed by atoms with Crippen molar-refractivity contribution in [1.29, 1.82) is 0 Å². The summed E-state index contributed by atoms with van der Waals surface area (Å²) in [6, 6.07) is 33.0. The highest BCUT2D eigenvalue weighted by atomic mass is 16.5. The first-order valence-corrected chi connectivity index (χ1v) is 14.2. The number of nitrogens with one attached hydrogen (secondary N) is 3. The summed E-state index contributed by atoms with van der Waals surface area (Å²) in [4.78, 5) is 41.6. The summed E-state index contributed by atoms with van der Waals surface area (Å²) >= 11 is 0. The molecule has 0 aliphatic carbocycles. The molecular weight excluding hydrogens is 558 g/mol. The fourth-order valence-electron chi connectivity index (χ4n) is 4.56. The van der Waals surface area contributed by atoms with E-state index in [9.17, 15) is 14.4 Å². The van der Waals surface area contributed by atoms with Crippen molar-refractivity contribution < 1.29 is 28.6 Å². The van der Waals surface area contributed by atoms with Gasteiger partial charge in [-0.15, -0.1) is 0 Å². The number of benzene rings is 4. The van der Waals surface area contributed by atoms with Crippen LogP contribution >= 0.6 is 0 Å². The smallest absolute Gasteiger partial charge is 0.408 e. The predicted molar refractivity (Wildman–Crippen MR) is 166 cm³/mol. The fourth-order valence-corrected chi connectivity index (χ4v) is 4.56. The third-order valence-electron chi connectivity index (χ3n) is 6.88. The van der Waals surface area contributed by atoms with Crippen LogP contribution in [-0.2, 0) is 45.3 Å². The number of aromatic nitrogens is 1. The molecule has 44 heavy (non-hydrogen) atoms. The minimum Gasteiger partial charge on any atom is -0.489 e. The Morgan fingerprint density at radius 1 is 0.705 bits per heavy atom. The van der Waals surface area contributed by atoms with Gasteiger partial charge in [0.2, 0.25) is 5.91 Å². The molecule has 1 unspecified atom stereocenters. The van der Waals surface area contributed by atoms with Crippen LogP contribution in [0.15, 0.2) is 115 Å². The molecule has 4 aromatic carbocycles. The van der Waals surface area contributed by atoms with E-state index in [0.717, 1.165) is 33.2 Å². The monoisotopic (exact) mass is 591 g/mol. The van der Waals surface area contributed by atoms with Crippen LogP contribution in [0.25, 0.3) is 10.9 Å². The Morgan fingerprint density at radius 2 is 1.30 bits per heavy atom. The standard InChI is InChI=1S/C35H33N3O6/c39-33(43-23-26-12-6-2-7-13-26)21-37-34(40)32(38-35(41)44-24-27-14-8-3-9-15-27)18-28-20-36-31-17-16-29(19-30(28)31)42-22-25-10-4-1-5-11-25/h1-17,19-20,32,36H,18,21-24H2,(H,37,40)(H,38,41). The molecule has 1 aromatic heterocycles. The zero-order chi connectivity index (χ0) is 30.6. The van der Waals surface area contributed by atoms with E-state index in [1.165, 1.54) is 0 Å². The number of ether oxygens (including phenoxy) is 3. The molecule has 9 nitrogen and oxygen atoms in total. The molecule has 0 aliphatic heterocycles. The van der Waals surface area contributed by atoms with Gasteiger partial charge in [-0.25, -0.2) is 4.79 Å². The zero-order valence-electron chi connectivity index (χ0n) is 24.0. The summed E-state index contributed by atoms with van der Waals surface area (Å²) < 4.78 is 16.6. The van der Waals surface area contributed by atoms with E-state index in [1.54, 1.807) is 6.20 Å². The topological polar surface area (TPSA) is 119 Å². The SMILES string of the molecule is O=C(CNC(=O)C(Cc1c[nH]c2ccc(OCc3ccccc3)cc12)NC(=O)OCc1ccccc1)OCc1ccccc1. The molecule has 5 aromatic rings. The fraction of sp³-hybridized carbons (Fsp3) is 0.171. The number of hydrogen-bond acceptors (Lipinski definition) is 6. The van der Waals surface area contributed by atoms with E-state index >= 15 is 0 Å². The van der Waals surface area contributed by atoms with Crippen molar-refractivity contribution in [3.05, 3.63) is 138 Å². The lowest BCUT2D eigenvalue weighted by atomic mass is 10.0. The van der Waals surface area contributed by atoms with Gasteiger partial charge in [0.1, 0.15) is 38.2 Å². The van der Waals surface area contributed by atoms with E-state index in [4.69, 9.17) is 14.2 Å². The molecule has 0 aliphatic rings. The van der Waals surface area contributed by atoms with Crippen molar-refractivity contribution in [2.75, 3.05) is 6.54 Å². The summed E-state index contributed by atoms with van der Waals surface area (Å²) in [5.41, 5.74) is 4.31. The zero-order valence-corrected chi connectivity index (χ0v) is 24.0. The van der Waals surface area contributed by atoms with E-state index in [0.29, 0.717) is 12.4 Å². The number of rotatable bonds is 13. The van der Waals surface area contributed by atoms with Gasteiger partial charge in [-0.05, 0) is 40.5 Å². The quantitative estimate of drug-likeness (QED) is 0.157. The molecule has 0 saturated heterocycles. The van der Waals surface area contributed by atoms with Gasteiger partial charge >= 0.3 is 12.1 Å². The van der Waals surface area contributed by atoms with E-state index in [2.05, 4.69) is 15.6 Å². The van der Waals surface area contributed by atoms with Crippen molar-refractivity contribution in [2.24, 2.45) is 0 Å². The molecular formula is C35H33N3O6. The predicted octanol–water partition coefficient (Wildman–Crippen LogP) is 5.44. The first-order valence-electron chi connectivity index (χ1n) is 14.2. The molecule has 1 atom stereocenters. The molecule has 2 amide bonds. The summed E-state index contributed by atoms with van der Waals surface area (Å²) in [5, 5.41) is 6.09. The van der Waals surface area contributed by atoms with Crippen LogP contribution in [0.2, 0.25) is 0 Å². The van der Waals surface area contributed by atoms with Gasteiger partial charge in [-0.3, -0.25) is 9.59 Å². The molecule has 9 heteroatoms. The maximum Gasteiger partial charge on any atom is 0.408 e. The third kappa shape index (κ3) is 8.72. The molecule has 224 valence electrons. The van der Waals surface area contributed by atoms with Gasteiger partial charge in [0.25, 0.3) is 0 Å². The van der Waals surface area contributed by atoms with Gasteiger partial charge in [-0.2, -0.15) is 0 Å². The summed E-state index contributed by atoms with van der Waals surface area (Å²) in [7, 11) is 0. The summed E-state index contributed by atoms with van der Waals surface area (Å²) in [6.45, 7) is 0.190. The lowest BCUT2D eigenvalue weighted by Gasteiger charge is -2.18. The Morgan fingerprint density at radius 3 is 1.93 bits per heavy atom. The molecule has 0 bridgehead atoms. The second kappa shape index (κ2) is 15.1. The van der Waals surface area contributed by atoms with Crippen molar-refractivity contribution in [3.8, 4) is 5.75 Å². The molecule has 0 fully saturated rings. The highest BCUT2D eigenvalue weighted by Crippen LogP contribution is 2.25. The van der Waals surface area contributed by atoms with Crippen LogP contribution < -0.4 is 15.4 Å². The number of esters is 1. The highest BCUT2D eigenvalue weighted by molar-refractivity contribution is 5.90. The van der Waals surface area contributed by atoms with Crippen LogP contribution in [0.3, 0.4) is 0 Å². The summed E-state index contributed by atoms with van der Waals surface area (Å²) in [5.74, 6) is -0.483. The maximum atomic E-state index is 13.3. The van der Waals surface area contributed by atoms with E-state index in [1.807, 2.05) is 109 Å². The Bertz CT molecular complexity index is 1670. The van der Waals surface area contributed by atoms with Crippen molar-refractivity contribution in [2.45, 2.75) is 32.3 Å². The lowest BCUT2D eigenvalue weighted by Crippen LogP contribution is -2.49. The van der Waals surface area contributed by atoms with Gasteiger partial charge in [0.05, 0.1) is 0 Å². The van der Waals surface area contributed by atoms with Crippen LogP contribution in [0.5, 0.6) is 5.75 Å². The normalized spacial score (nSPS) is 11.4. The number of fused-ring (bicyclic) bond motifs is 1. The van der Waals surface area contributed by atoms with Crippen LogP contribution in [0.1, 0.15) is 22.3 Å². The second-order valence-electron chi connectivity index (χ2n) is 10.1. The number of aromatic amines is 1. The molecule has 5 rings (SSSR count). The number of H-pyrrole nitrogens is 1. The maximum absolute atomic E-state index is 13.3. The van der Waals surface area contributed by atoms with Gasteiger partial charge < -0.3 is 29.8 Å². The average Bonchev–Trinajstić information content (AvgIpc) is 3.47. The molecule has 0 radical (unpaired) electrons. The largest absolute Gasteiger partial charge is 0.489 e. The average molecular weight is 592 g/mol. The molecule has 1 heterocycles. The number of hydrogen-bond donors (Lipinski definition) is 3. The van der Waals surface area contributed by atoms with Crippen molar-refractivity contribution in [1.82, 2.24) is 15.6 Å². The Kier molecular flexibility index (Phi) is 10.2. The van der Waals surface area contributed by atoms with Crippen LogP contribution in [0.4, 0.5) is 4.79 Å². The highest BCUT2D eigenvalue weighted by Gasteiger charge is 2.24. The molecule has 0 spiro atoms. The third-order valence-corrected chi connectivity index (χ3v) is 6.88. The van der Waals surface area contributed by atoms with Crippen LogP contribution in [0, 0.1) is 0 Å². The number of amides is 2. The number of alkyl carbamates (subject to hydrolysis) is 1. The first kappa shape index (κ1) is 29.9. The van der Waals surface area contributed by atoms with Gasteiger partial charge in [0.15, 0.2) is 0 Å². The van der Waals surface area contributed by atoms with Gasteiger partial charge in [-0.1, -0.05) is 91.0 Å². The van der Waals surface area contributed by atoms with Crippen molar-refractivity contribution in [3.63, 3.8) is 0 Å². The Balaban J connectivity index is 1.25. The first-order chi connectivity index (χ1) is 21.5. The molecule has 3 N–H and O–H groups in total. The Hall–Kier alpha value is -5.57.